The van der Waals surface area contributed by atoms with Crippen LogP contribution in [0.15, 0.2) is 18.2 Å². The van der Waals surface area contributed by atoms with Gasteiger partial charge < -0.3 is 20.4 Å². The van der Waals surface area contributed by atoms with Crippen molar-refractivity contribution in [3.63, 3.8) is 0 Å². The number of carboxylic acid groups (broad SMARTS) is 1. The van der Waals surface area contributed by atoms with Crippen LogP contribution in [0.4, 0.5) is 4.79 Å². The summed E-state index contributed by atoms with van der Waals surface area (Å²) < 4.78 is 0. The van der Waals surface area contributed by atoms with E-state index in [0.29, 0.717) is 6.42 Å². The van der Waals surface area contributed by atoms with Gasteiger partial charge in [-0.05, 0) is 54.4 Å². The maximum absolute atomic E-state index is 13.1. The highest BCUT2D eigenvalue weighted by atomic mass is 16.4. The third-order valence-corrected chi connectivity index (χ3v) is 6.59. The van der Waals surface area contributed by atoms with E-state index in [0.717, 1.165) is 24.8 Å². The van der Waals surface area contributed by atoms with Crippen LogP contribution in [-0.2, 0) is 16.6 Å². The van der Waals surface area contributed by atoms with Crippen molar-refractivity contribution < 1.29 is 19.8 Å². The largest absolute Gasteiger partial charge is 0.508 e. The fourth-order valence-corrected chi connectivity index (χ4v) is 4.93. The molecule has 2 amide bonds. The summed E-state index contributed by atoms with van der Waals surface area (Å²) in [6.07, 6.45) is 2.93. The number of amides is 2. The number of phenols is 1. The minimum Gasteiger partial charge on any atom is -0.508 e. The zero-order chi connectivity index (χ0) is 21.9. The summed E-state index contributed by atoms with van der Waals surface area (Å²) >= 11 is 0. The van der Waals surface area contributed by atoms with Crippen LogP contribution in [0.5, 0.6) is 5.75 Å². The van der Waals surface area contributed by atoms with Crippen LogP contribution in [0, 0.1) is 11.8 Å². The molecule has 0 heterocycles. The molecule has 0 aliphatic heterocycles. The van der Waals surface area contributed by atoms with E-state index in [1.807, 2.05) is 26.0 Å². The van der Waals surface area contributed by atoms with E-state index in [-0.39, 0.29) is 35.1 Å². The molecule has 6 nitrogen and oxygen atoms in total. The second-order valence-corrected chi connectivity index (χ2v) is 9.01. The van der Waals surface area contributed by atoms with Crippen molar-refractivity contribution in [2.24, 2.45) is 11.8 Å². The first kappa shape index (κ1) is 23.0. The lowest BCUT2D eigenvalue weighted by Crippen LogP contribution is -2.60. The van der Waals surface area contributed by atoms with Gasteiger partial charge in [-0.15, -0.1) is 0 Å². The number of carbonyl (C=O) groups excluding carboxylic acids is 1. The summed E-state index contributed by atoms with van der Waals surface area (Å²) in [6.45, 7) is 10.3. The van der Waals surface area contributed by atoms with E-state index >= 15 is 0 Å². The second-order valence-electron chi connectivity index (χ2n) is 9.01. The van der Waals surface area contributed by atoms with Crippen molar-refractivity contribution in [1.82, 2.24) is 10.2 Å². The Labute approximate surface area is 174 Å². The van der Waals surface area contributed by atoms with E-state index in [4.69, 9.17) is 0 Å². The number of urea groups is 1. The number of hydrogen-bond acceptors (Lipinski definition) is 3. The van der Waals surface area contributed by atoms with Crippen molar-refractivity contribution >= 4 is 12.0 Å². The smallest absolute Gasteiger partial charge is 0.326 e. The molecule has 29 heavy (non-hydrogen) atoms. The quantitative estimate of drug-likeness (QED) is 0.637. The lowest BCUT2D eigenvalue weighted by atomic mass is 9.61. The molecule has 6 heteroatoms. The fourth-order valence-electron chi connectivity index (χ4n) is 4.93. The van der Waals surface area contributed by atoms with E-state index in [1.165, 1.54) is 5.56 Å². The molecule has 1 aliphatic rings. The first-order valence-electron chi connectivity index (χ1n) is 10.6. The Morgan fingerprint density at radius 3 is 2.48 bits per heavy atom. The van der Waals surface area contributed by atoms with Crippen LogP contribution in [0.25, 0.3) is 0 Å². The van der Waals surface area contributed by atoms with Crippen molar-refractivity contribution in [1.29, 1.82) is 0 Å². The Bertz CT molecular complexity index is 748. The Morgan fingerprint density at radius 2 is 1.97 bits per heavy atom. The van der Waals surface area contributed by atoms with E-state index in [1.54, 1.807) is 18.0 Å². The van der Waals surface area contributed by atoms with Crippen molar-refractivity contribution in [2.45, 2.75) is 77.8 Å². The zero-order valence-electron chi connectivity index (χ0n) is 18.5. The molecule has 0 saturated carbocycles. The molecule has 3 N–H and O–H groups in total. The normalized spacial score (nSPS) is 24.7. The number of fused-ring (bicyclic) bond motifs is 1. The van der Waals surface area contributed by atoms with Gasteiger partial charge in [0, 0.05) is 18.5 Å². The molecule has 1 aromatic carbocycles. The number of nitrogens with one attached hydrogen (secondary N) is 1. The molecule has 4 unspecified atom stereocenters. The predicted molar refractivity (Wildman–Crippen MR) is 114 cm³/mol. The summed E-state index contributed by atoms with van der Waals surface area (Å²) in [5, 5.41) is 22.3. The van der Waals surface area contributed by atoms with Gasteiger partial charge in [0.15, 0.2) is 0 Å². The Balaban J connectivity index is 2.38. The molecule has 1 aromatic rings. The molecule has 1 aliphatic carbocycles. The Morgan fingerprint density at radius 1 is 1.31 bits per heavy atom. The van der Waals surface area contributed by atoms with Crippen LogP contribution >= 0.6 is 0 Å². The van der Waals surface area contributed by atoms with Gasteiger partial charge in [0.25, 0.3) is 0 Å². The van der Waals surface area contributed by atoms with Gasteiger partial charge in [-0.2, -0.15) is 0 Å². The van der Waals surface area contributed by atoms with Crippen molar-refractivity contribution in [3.8, 4) is 5.75 Å². The number of aromatic hydroxyl groups is 1. The number of nitrogens with zero attached hydrogens (tertiary/aromatic N) is 1. The van der Waals surface area contributed by atoms with E-state index in [2.05, 4.69) is 26.1 Å². The molecular weight excluding hydrogens is 368 g/mol. The van der Waals surface area contributed by atoms with Gasteiger partial charge in [0.05, 0.1) is 0 Å². The van der Waals surface area contributed by atoms with E-state index in [9.17, 15) is 19.8 Å². The molecule has 0 fully saturated rings. The third-order valence-electron chi connectivity index (χ3n) is 6.59. The van der Waals surface area contributed by atoms with Crippen LogP contribution < -0.4 is 5.32 Å². The van der Waals surface area contributed by atoms with Gasteiger partial charge in [0.2, 0.25) is 0 Å². The number of carbonyl (C=O) groups is 2. The first-order valence-corrected chi connectivity index (χ1v) is 10.6. The van der Waals surface area contributed by atoms with Gasteiger partial charge >= 0.3 is 12.0 Å². The molecule has 0 bridgehead atoms. The van der Waals surface area contributed by atoms with Crippen LogP contribution in [0.1, 0.15) is 65.0 Å². The fraction of sp³-hybridized carbons (Fsp3) is 0.652. The predicted octanol–water partition coefficient (Wildman–Crippen LogP) is 4.15. The van der Waals surface area contributed by atoms with Gasteiger partial charge in [-0.1, -0.05) is 47.1 Å². The number of likely N-dealkylation sites (N-methyl/N-ethyl adjacent to an activating group) is 1. The molecule has 162 valence electrons. The average Bonchev–Trinajstić information content (AvgIpc) is 2.66. The first-order chi connectivity index (χ1) is 13.5. The number of carboxylic acids is 1. The van der Waals surface area contributed by atoms with Crippen LogP contribution in [0.3, 0.4) is 0 Å². The standard InChI is InChI=1S/C23H36N2O4/c1-7-15-12-16-9-10-17(26)13-18(16)23(5,8-2)20(15)25(6)22(29)24-19(21(27)28)11-14(3)4/h9-10,13-15,19-20,26H,7-8,11-12H2,1-6H3,(H,24,29)(H,27,28). The van der Waals surface area contributed by atoms with Gasteiger partial charge in [-0.25, -0.2) is 9.59 Å². The summed E-state index contributed by atoms with van der Waals surface area (Å²) in [7, 11) is 1.76. The third kappa shape index (κ3) is 4.68. The zero-order valence-corrected chi connectivity index (χ0v) is 18.5. The van der Waals surface area contributed by atoms with Crippen LogP contribution in [-0.4, -0.2) is 46.2 Å². The van der Waals surface area contributed by atoms with Gasteiger partial charge in [0.1, 0.15) is 11.8 Å². The molecule has 0 saturated heterocycles. The topological polar surface area (TPSA) is 89.9 Å². The summed E-state index contributed by atoms with van der Waals surface area (Å²) in [4.78, 5) is 26.4. The molecule has 0 radical (unpaired) electrons. The summed E-state index contributed by atoms with van der Waals surface area (Å²) in [6, 6.07) is 4.17. The average molecular weight is 405 g/mol. The highest BCUT2D eigenvalue weighted by Gasteiger charge is 2.47. The number of aliphatic carboxylic acids is 1. The number of rotatable bonds is 7. The molecule has 0 spiro atoms. The Hall–Kier alpha value is -2.24. The van der Waals surface area contributed by atoms with Crippen molar-refractivity contribution in [3.05, 3.63) is 29.3 Å². The van der Waals surface area contributed by atoms with Crippen LogP contribution in [0.2, 0.25) is 0 Å². The lowest BCUT2D eigenvalue weighted by molar-refractivity contribution is -0.139. The van der Waals surface area contributed by atoms with Crippen molar-refractivity contribution in [2.75, 3.05) is 7.05 Å². The molecule has 0 aromatic heterocycles. The number of hydrogen-bond donors (Lipinski definition) is 3. The maximum atomic E-state index is 13.1. The lowest BCUT2D eigenvalue weighted by Gasteiger charge is -2.51. The number of benzene rings is 1. The molecule has 2 rings (SSSR count). The minimum atomic E-state index is -1.01. The highest BCUT2D eigenvalue weighted by Crippen LogP contribution is 2.46. The van der Waals surface area contributed by atoms with Gasteiger partial charge in [-0.3, -0.25) is 0 Å². The Kier molecular flexibility index (Phi) is 7.20. The number of phenolic OH excluding ortho intramolecular Hbond substituents is 1. The SMILES string of the molecule is CCC1Cc2ccc(O)cc2C(C)(CC)C1N(C)C(=O)NC(CC(C)C)C(=O)O. The highest BCUT2D eigenvalue weighted by molar-refractivity contribution is 5.82. The monoisotopic (exact) mass is 404 g/mol. The summed E-state index contributed by atoms with van der Waals surface area (Å²) in [5.41, 5.74) is 1.95. The molecular formula is C23H36N2O4. The minimum absolute atomic E-state index is 0.0969. The summed E-state index contributed by atoms with van der Waals surface area (Å²) in [5.74, 6) is -0.367. The molecule has 4 atom stereocenters. The van der Waals surface area contributed by atoms with E-state index < -0.39 is 12.0 Å². The second kappa shape index (κ2) is 9.06. The maximum Gasteiger partial charge on any atom is 0.326 e.